The molecule has 0 saturated heterocycles. The first kappa shape index (κ1) is 16.2. The van der Waals surface area contributed by atoms with Crippen molar-refractivity contribution in [2.75, 3.05) is 40.8 Å². The number of carbonyl (C=O) groups is 2. The van der Waals surface area contributed by atoms with Crippen molar-refractivity contribution in [3.05, 3.63) is 29.8 Å². The van der Waals surface area contributed by atoms with Crippen LogP contribution in [-0.2, 0) is 4.79 Å². The molecule has 1 aromatic carbocycles. The average Bonchev–Trinajstić information content (AvgIpc) is 2.39. The van der Waals surface area contributed by atoms with Crippen LogP contribution in [-0.4, -0.2) is 62.3 Å². The highest BCUT2D eigenvalue weighted by Crippen LogP contribution is 2.18. The molecule has 5 heteroatoms. The molecular weight excluding hydrogens is 256 g/mol. The fourth-order valence-electron chi connectivity index (χ4n) is 1.74. The Bertz CT molecular complexity index is 472. The third-order valence-electron chi connectivity index (χ3n) is 2.80. The van der Waals surface area contributed by atoms with Gasteiger partial charge >= 0.3 is 0 Å². The lowest BCUT2D eigenvalue weighted by molar-refractivity contribution is -0.129. The van der Waals surface area contributed by atoms with Gasteiger partial charge < -0.3 is 9.64 Å². The number of ketones is 1. The van der Waals surface area contributed by atoms with Crippen molar-refractivity contribution in [3.8, 4) is 5.75 Å². The minimum absolute atomic E-state index is 0.0293. The Morgan fingerprint density at radius 2 is 1.75 bits per heavy atom. The Labute approximate surface area is 120 Å². The summed E-state index contributed by atoms with van der Waals surface area (Å²) in [6.45, 7) is 2.79. The minimum atomic E-state index is -0.0527. The van der Waals surface area contributed by atoms with E-state index >= 15 is 0 Å². The molecule has 1 amide bonds. The summed E-state index contributed by atoms with van der Waals surface area (Å²) in [6, 6.07) is 7.17. The number of rotatable bonds is 7. The van der Waals surface area contributed by atoms with Gasteiger partial charge in [-0.2, -0.15) is 0 Å². The van der Waals surface area contributed by atoms with Crippen LogP contribution in [0.1, 0.15) is 17.3 Å². The molecule has 0 bridgehead atoms. The van der Waals surface area contributed by atoms with Crippen molar-refractivity contribution in [3.63, 3.8) is 0 Å². The zero-order valence-electron chi connectivity index (χ0n) is 12.5. The van der Waals surface area contributed by atoms with E-state index in [0.717, 1.165) is 0 Å². The van der Waals surface area contributed by atoms with Gasteiger partial charge in [0.2, 0.25) is 5.91 Å². The molecule has 0 atom stereocenters. The van der Waals surface area contributed by atoms with Gasteiger partial charge in [0.25, 0.3) is 0 Å². The van der Waals surface area contributed by atoms with E-state index < -0.39 is 0 Å². The van der Waals surface area contributed by atoms with Crippen molar-refractivity contribution in [1.29, 1.82) is 0 Å². The van der Waals surface area contributed by atoms with E-state index in [1.54, 1.807) is 44.2 Å². The highest BCUT2D eigenvalue weighted by atomic mass is 16.5. The lowest BCUT2D eigenvalue weighted by Gasteiger charge is -2.18. The maximum Gasteiger partial charge on any atom is 0.236 e. The molecule has 0 saturated carbocycles. The number of benzene rings is 1. The summed E-state index contributed by atoms with van der Waals surface area (Å²) < 4.78 is 5.44. The first-order valence-electron chi connectivity index (χ1n) is 6.59. The summed E-state index contributed by atoms with van der Waals surface area (Å²) in [5.41, 5.74) is 0.554. The summed E-state index contributed by atoms with van der Waals surface area (Å²) in [5.74, 6) is 0.508. The van der Waals surface area contributed by atoms with Gasteiger partial charge in [0, 0.05) is 14.1 Å². The molecular formula is C15H22N2O3. The fraction of sp³-hybridized carbons (Fsp3) is 0.467. The molecule has 0 heterocycles. The van der Waals surface area contributed by atoms with Crippen molar-refractivity contribution < 1.29 is 14.3 Å². The van der Waals surface area contributed by atoms with Crippen LogP contribution < -0.4 is 4.74 Å². The van der Waals surface area contributed by atoms with Crippen LogP contribution in [0.25, 0.3) is 0 Å². The quantitative estimate of drug-likeness (QED) is 0.705. The number of amides is 1. The molecule has 0 spiro atoms. The molecule has 0 aromatic heterocycles. The molecule has 1 aromatic rings. The van der Waals surface area contributed by atoms with Crippen LogP contribution in [0.5, 0.6) is 5.75 Å². The highest BCUT2D eigenvalue weighted by Gasteiger charge is 2.16. The van der Waals surface area contributed by atoms with E-state index in [2.05, 4.69) is 0 Å². The largest absolute Gasteiger partial charge is 0.493 e. The third-order valence-corrected chi connectivity index (χ3v) is 2.80. The van der Waals surface area contributed by atoms with Gasteiger partial charge in [-0.3, -0.25) is 14.5 Å². The van der Waals surface area contributed by atoms with Crippen molar-refractivity contribution in [2.24, 2.45) is 0 Å². The Hall–Kier alpha value is -1.88. The topological polar surface area (TPSA) is 49.9 Å². The number of ether oxygens (including phenoxy) is 1. The molecule has 20 heavy (non-hydrogen) atoms. The molecule has 1 rings (SSSR count). The lowest BCUT2D eigenvalue weighted by atomic mass is 10.1. The Morgan fingerprint density at radius 3 is 2.35 bits per heavy atom. The number of hydrogen-bond acceptors (Lipinski definition) is 4. The van der Waals surface area contributed by atoms with E-state index in [1.165, 1.54) is 4.90 Å². The van der Waals surface area contributed by atoms with Crippen LogP contribution in [0.4, 0.5) is 0 Å². The predicted octanol–water partition coefficient (Wildman–Crippen LogP) is 1.29. The summed E-state index contributed by atoms with van der Waals surface area (Å²) >= 11 is 0. The fourth-order valence-corrected chi connectivity index (χ4v) is 1.74. The second-order valence-corrected chi connectivity index (χ2v) is 4.81. The van der Waals surface area contributed by atoms with E-state index in [1.807, 2.05) is 13.0 Å². The monoisotopic (exact) mass is 278 g/mol. The molecule has 0 aliphatic rings. The zero-order chi connectivity index (χ0) is 15.1. The second kappa shape index (κ2) is 7.65. The number of likely N-dealkylation sites (N-methyl/N-ethyl adjacent to an activating group) is 2. The van der Waals surface area contributed by atoms with Gasteiger partial charge in [-0.1, -0.05) is 12.1 Å². The van der Waals surface area contributed by atoms with E-state index in [9.17, 15) is 9.59 Å². The summed E-state index contributed by atoms with van der Waals surface area (Å²) in [7, 11) is 5.15. The molecule has 0 N–H and O–H groups in total. The van der Waals surface area contributed by atoms with Gasteiger partial charge in [0.1, 0.15) is 5.75 Å². The van der Waals surface area contributed by atoms with Crippen LogP contribution in [0, 0.1) is 0 Å². The standard InChI is InChI=1S/C15H22N2O3/c1-5-20-14-9-7-6-8-12(14)13(18)10-17(4)11-15(19)16(2)3/h6-9H,5,10-11H2,1-4H3. The summed E-state index contributed by atoms with van der Waals surface area (Å²) in [4.78, 5) is 27.1. The Morgan fingerprint density at radius 1 is 1.10 bits per heavy atom. The molecule has 110 valence electrons. The minimum Gasteiger partial charge on any atom is -0.493 e. The molecule has 0 aliphatic carbocycles. The SMILES string of the molecule is CCOc1ccccc1C(=O)CN(C)CC(=O)N(C)C. The van der Waals surface area contributed by atoms with Gasteiger partial charge in [0.05, 0.1) is 25.3 Å². The van der Waals surface area contributed by atoms with Crippen LogP contribution in [0.15, 0.2) is 24.3 Å². The maximum atomic E-state index is 12.3. The van der Waals surface area contributed by atoms with Gasteiger partial charge in [-0.05, 0) is 26.1 Å². The highest BCUT2D eigenvalue weighted by molar-refractivity contribution is 6.00. The maximum absolute atomic E-state index is 12.3. The normalized spacial score (nSPS) is 10.4. The second-order valence-electron chi connectivity index (χ2n) is 4.81. The van der Waals surface area contributed by atoms with Gasteiger partial charge in [0.15, 0.2) is 5.78 Å². The molecule has 0 aliphatic heterocycles. The van der Waals surface area contributed by atoms with Crippen LogP contribution in [0.2, 0.25) is 0 Å². The Kier molecular flexibility index (Phi) is 6.18. The van der Waals surface area contributed by atoms with E-state index in [4.69, 9.17) is 4.74 Å². The predicted molar refractivity (Wildman–Crippen MR) is 78.1 cm³/mol. The molecule has 5 nitrogen and oxygen atoms in total. The van der Waals surface area contributed by atoms with Crippen molar-refractivity contribution >= 4 is 11.7 Å². The molecule has 0 unspecified atom stereocenters. The van der Waals surface area contributed by atoms with Crippen molar-refractivity contribution in [1.82, 2.24) is 9.80 Å². The van der Waals surface area contributed by atoms with Gasteiger partial charge in [-0.25, -0.2) is 0 Å². The van der Waals surface area contributed by atoms with E-state index in [-0.39, 0.29) is 24.8 Å². The number of para-hydroxylation sites is 1. The van der Waals surface area contributed by atoms with Crippen LogP contribution >= 0.6 is 0 Å². The summed E-state index contributed by atoms with van der Waals surface area (Å²) in [5, 5.41) is 0. The number of hydrogen-bond donors (Lipinski definition) is 0. The third kappa shape index (κ3) is 4.66. The van der Waals surface area contributed by atoms with E-state index in [0.29, 0.717) is 17.9 Å². The number of carbonyl (C=O) groups excluding carboxylic acids is 2. The smallest absolute Gasteiger partial charge is 0.236 e. The number of Topliss-reactive ketones (excluding diaryl/α,β-unsaturated/α-hetero) is 1. The summed E-state index contributed by atoms with van der Waals surface area (Å²) in [6.07, 6.45) is 0. The van der Waals surface area contributed by atoms with Gasteiger partial charge in [-0.15, -0.1) is 0 Å². The first-order chi connectivity index (χ1) is 9.45. The average molecular weight is 278 g/mol. The van der Waals surface area contributed by atoms with Crippen molar-refractivity contribution in [2.45, 2.75) is 6.92 Å². The Balaban J connectivity index is 2.69. The number of nitrogens with zero attached hydrogens (tertiary/aromatic N) is 2. The molecule has 0 fully saturated rings. The van der Waals surface area contributed by atoms with Crippen LogP contribution in [0.3, 0.4) is 0 Å². The zero-order valence-corrected chi connectivity index (χ0v) is 12.5. The molecule has 0 radical (unpaired) electrons. The lowest BCUT2D eigenvalue weighted by Crippen LogP contribution is -2.37. The first-order valence-corrected chi connectivity index (χ1v) is 6.59.